The first-order valence-electron chi connectivity index (χ1n) is 8.57. The van der Waals surface area contributed by atoms with Crippen LogP contribution in [0, 0.1) is 0 Å². The number of ether oxygens (including phenoxy) is 1. The zero-order valence-electron chi connectivity index (χ0n) is 13.8. The average Bonchev–Trinajstić information content (AvgIpc) is 3.34. The molecular formula is C17H21N5O2S. The molecular weight excluding hydrogens is 338 g/mol. The van der Waals surface area contributed by atoms with Crippen molar-refractivity contribution < 1.29 is 9.53 Å². The topological polar surface area (TPSA) is 79.4 Å². The highest BCUT2D eigenvalue weighted by Crippen LogP contribution is 2.27. The van der Waals surface area contributed by atoms with E-state index >= 15 is 0 Å². The Balaban J connectivity index is 1.27. The van der Waals surface area contributed by atoms with Crippen molar-refractivity contribution in [1.29, 1.82) is 0 Å². The van der Waals surface area contributed by atoms with Gasteiger partial charge in [0, 0.05) is 43.1 Å². The third kappa shape index (κ3) is 3.81. The number of hydrogen-bond donors (Lipinski definition) is 2. The molecule has 2 aromatic heterocycles. The summed E-state index contributed by atoms with van der Waals surface area (Å²) in [5.74, 6) is 0.720. The Morgan fingerprint density at radius 2 is 2.12 bits per heavy atom. The molecule has 2 aromatic rings. The highest BCUT2D eigenvalue weighted by Gasteiger charge is 2.35. The summed E-state index contributed by atoms with van der Waals surface area (Å²) in [5, 5.41) is 9.84. The molecule has 0 bridgehead atoms. The SMILES string of the molecule is O=C(C1CC(c2cccs2)NN1)N1CCC(Oc2cccnn2)CC1. The van der Waals surface area contributed by atoms with Gasteiger partial charge in [-0.1, -0.05) is 6.07 Å². The van der Waals surface area contributed by atoms with Gasteiger partial charge >= 0.3 is 0 Å². The van der Waals surface area contributed by atoms with Crippen LogP contribution in [0.4, 0.5) is 0 Å². The smallest absolute Gasteiger partial charge is 0.241 e. The predicted molar refractivity (Wildman–Crippen MR) is 94.0 cm³/mol. The van der Waals surface area contributed by atoms with Crippen LogP contribution in [0.1, 0.15) is 30.2 Å². The summed E-state index contributed by atoms with van der Waals surface area (Å²) in [6.07, 6.45) is 4.14. The van der Waals surface area contributed by atoms with E-state index in [9.17, 15) is 4.79 Å². The maximum absolute atomic E-state index is 12.7. The van der Waals surface area contributed by atoms with Gasteiger partial charge in [0.1, 0.15) is 12.1 Å². The molecule has 25 heavy (non-hydrogen) atoms. The maximum Gasteiger partial charge on any atom is 0.241 e. The standard InChI is InChI=1S/C17H21N5O2S/c23-17(14-11-13(19-20-14)15-3-2-10-25-15)22-8-5-12(6-9-22)24-16-4-1-7-18-21-16/h1-4,7,10,12-14,19-20H,5-6,8-9,11H2. The van der Waals surface area contributed by atoms with Crippen LogP contribution in [0.2, 0.25) is 0 Å². The van der Waals surface area contributed by atoms with E-state index in [-0.39, 0.29) is 24.1 Å². The molecule has 2 N–H and O–H groups in total. The zero-order valence-corrected chi connectivity index (χ0v) is 14.6. The van der Waals surface area contributed by atoms with Crippen molar-refractivity contribution in [2.75, 3.05) is 13.1 Å². The summed E-state index contributed by atoms with van der Waals surface area (Å²) in [5.41, 5.74) is 6.40. The lowest BCUT2D eigenvalue weighted by molar-refractivity contribution is -0.135. The van der Waals surface area contributed by atoms with Gasteiger partial charge < -0.3 is 9.64 Å². The lowest BCUT2D eigenvalue weighted by atomic mass is 10.0. The van der Waals surface area contributed by atoms with Gasteiger partial charge in [0.15, 0.2) is 0 Å². The van der Waals surface area contributed by atoms with Crippen LogP contribution in [0.15, 0.2) is 35.8 Å². The number of piperidine rings is 1. The maximum atomic E-state index is 12.7. The molecule has 0 aliphatic carbocycles. The van der Waals surface area contributed by atoms with E-state index in [0.29, 0.717) is 19.0 Å². The van der Waals surface area contributed by atoms with E-state index in [1.165, 1.54) is 4.88 Å². The van der Waals surface area contributed by atoms with Gasteiger partial charge in [0.2, 0.25) is 11.8 Å². The molecule has 0 aromatic carbocycles. The minimum atomic E-state index is -0.162. The summed E-state index contributed by atoms with van der Waals surface area (Å²) in [6.45, 7) is 1.43. The third-order valence-electron chi connectivity index (χ3n) is 4.68. The van der Waals surface area contributed by atoms with Crippen molar-refractivity contribution in [3.05, 3.63) is 40.7 Å². The summed E-state index contributed by atoms with van der Waals surface area (Å²) in [7, 11) is 0. The molecule has 2 aliphatic heterocycles. The Bertz CT molecular complexity index is 688. The van der Waals surface area contributed by atoms with E-state index in [2.05, 4.69) is 32.5 Å². The molecule has 0 radical (unpaired) electrons. The van der Waals surface area contributed by atoms with Gasteiger partial charge in [0.25, 0.3) is 0 Å². The first kappa shape index (κ1) is 16.4. The molecule has 132 valence electrons. The van der Waals surface area contributed by atoms with Crippen LogP contribution < -0.4 is 15.6 Å². The third-order valence-corrected chi connectivity index (χ3v) is 5.66. The molecule has 1 amide bonds. The largest absolute Gasteiger partial charge is 0.473 e. The number of likely N-dealkylation sites (tertiary alicyclic amines) is 1. The van der Waals surface area contributed by atoms with E-state index in [4.69, 9.17) is 4.74 Å². The Morgan fingerprint density at radius 1 is 1.24 bits per heavy atom. The number of rotatable bonds is 4. The first-order valence-corrected chi connectivity index (χ1v) is 9.45. The summed E-state index contributed by atoms with van der Waals surface area (Å²) in [4.78, 5) is 15.9. The molecule has 2 fully saturated rings. The molecule has 2 saturated heterocycles. The predicted octanol–water partition coefficient (Wildman–Crippen LogP) is 1.52. The number of carbonyl (C=O) groups excluding carboxylic acids is 1. The average molecular weight is 359 g/mol. The van der Waals surface area contributed by atoms with Gasteiger partial charge in [-0.3, -0.25) is 4.79 Å². The van der Waals surface area contributed by atoms with Crippen LogP contribution in [0.25, 0.3) is 0 Å². The summed E-state index contributed by atoms with van der Waals surface area (Å²) in [6, 6.07) is 7.81. The minimum Gasteiger partial charge on any atom is -0.473 e. The number of thiophene rings is 1. The van der Waals surface area contributed by atoms with Crippen LogP contribution >= 0.6 is 11.3 Å². The van der Waals surface area contributed by atoms with Crippen molar-refractivity contribution >= 4 is 17.2 Å². The van der Waals surface area contributed by atoms with E-state index in [1.54, 1.807) is 17.5 Å². The van der Waals surface area contributed by atoms with Crippen LogP contribution in [-0.4, -0.2) is 46.2 Å². The first-order chi connectivity index (χ1) is 12.3. The monoisotopic (exact) mass is 359 g/mol. The summed E-state index contributed by atoms with van der Waals surface area (Å²) < 4.78 is 5.84. The molecule has 4 rings (SSSR count). The second-order valence-corrected chi connectivity index (χ2v) is 7.33. The number of nitrogens with zero attached hydrogens (tertiary/aromatic N) is 3. The molecule has 4 heterocycles. The number of hydrazine groups is 1. The number of carbonyl (C=O) groups is 1. The molecule has 0 spiro atoms. The second kappa shape index (κ2) is 7.47. The number of amides is 1. The van der Waals surface area contributed by atoms with Crippen molar-refractivity contribution in [3.8, 4) is 5.88 Å². The van der Waals surface area contributed by atoms with Gasteiger partial charge in [-0.05, 0) is 23.9 Å². The molecule has 8 heteroatoms. The Morgan fingerprint density at radius 3 is 2.84 bits per heavy atom. The van der Waals surface area contributed by atoms with Gasteiger partial charge in [-0.15, -0.1) is 16.4 Å². The molecule has 2 unspecified atom stereocenters. The normalized spacial score (nSPS) is 24.4. The molecule has 2 aliphatic rings. The van der Waals surface area contributed by atoms with E-state index in [1.807, 2.05) is 23.1 Å². The lowest BCUT2D eigenvalue weighted by Crippen LogP contribution is -2.49. The number of aromatic nitrogens is 2. The number of hydrogen-bond acceptors (Lipinski definition) is 7. The quantitative estimate of drug-likeness (QED) is 0.862. The van der Waals surface area contributed by atoms with Crippen molar-refractivity contribution in [2.24, 2.45) is 0 Å². The van der Waals surface area contributed by atoms with Gasteiger partial charge in [-0.25, -0.2) is 10.9 Å². The zero-order chi connectivity index (χ0) is 17.1. The van der Waals surface area contributed by atoms with Crippen LogP contribution in [-0.2, 0) is 4.79 Å². The number of nitrogens with one attached hydrogen (secondary N) is 2. The second-order valence-electron chi connectivity index (χ2n) is 6.35. The highest BCUT2D eigenvalue weighted by molar-refractivity contribution is 7.10. The molecule has 7 nitrogen and oxygen atoms in total. The Hall–Kier alpha value is -2.03. The van der Waals surface area contributed by atoms with E-state index in [0.717, 1.165) is 19.3 Å². The fraction of sp³-hybridized carbons (Fsp3) is 0.471. The van der Waals surface area contributed by atoms with Crippen LogP contribution in [0.3, 0.4) is 0 Å². The van der Waals surface area contributed by atoms with Crippen molar-refractivity contribution in [2.45, 2.75) is 37.5 Å². The lowest BCUT2D eigenvalue weighted by Gasteiger charge is -2.33. The Labute approximate surface area is 150 Å². The van der Waals surface area contributed by atoms with Gasteiger partial charge in [0.05, 0.1) is 6.04 Å². The molecule has 2 atom stereocenters. The van der Waals surface area contributed by atoms with Crippen LogP contribution in [0.5, 0.6) is 5.88 Å². The minimum absolute atomic E-state index is 0.0919. The van der Waals surface area contributed by atoms with Gasteiger partial charge in [-0.2, -0.15) is 5.10 Å². The summed E-state index contributed by atoms with van der Waals surface area (Å²) >= 11 is 1.72. The fourth-order valence-corrected chi connectivity index (χ4v) is 4.12. The van der Waals surface area contributed by atoms with E-state index < -0.39 is 0 Å². The fourth-order valence-electron chi connectivity index (χ4n) is 3.33. The van der Waals surface area contributed by atoms with Crippen molar-refractivity contribution in [3.63, 3.8) is 0 Å². The Kier molecular flexibility index (Phi) is 4.91. The highest BCUT2D eigenvalue weighted by atomic mass is 32.1. The molecule has 0 saturated carbocycles. The van der Waals surface area contributed by atoms with Crippen molar-refractivity contribution in [1.82, 2.24) is 25.9 Å².